The van der Waals surface area contributed by atoms with Crippen LogP contribution in [-0.4, -0.2) is 19.0 Å². The van der Waals surface area contributed by atoms with Crippen molar-refractivity contribution in [2.75, 3.05) is 12.4 Å². The first-order chi connectivity index (χ1) is 7.63. The van der Waals surface area contributed by atoms with E-state index in [2.05, 4.69) is 10.1 Å². The quantitative estimate of drug-likeness (QED) is 0.648. The second kappa shape index (κ2) is 5.92. The number of ether oxygens (including phenoxy) is 1. The monoisotopic (exact) mass is 239 g/mol. The number of para-hydroxylation sites is 1. The van der Waals surface area contributed by atoms with Gasteiger partial charge in [0.05, 0.1) is 17.8 Å². The molecule has 0 aliphatic carbocycles. The lowest BCUT2D eigenvalue weighted by atomic mass is 10.3. The van der Waals surface area contributed by atoms with Crippen LogP contribution < -0.4 is 5.32 Å². The minimum absolute atomic E-state index is 0.433. The molecule has 4 nitrogen and oxygen atoms in total. The van der Waals surface area contributed by atoms with Crippen molar-refractivity contribution < 1.29 is 14.3 Å². The van der Waals surface area contributed by atoms with Gasteiger partial charge in [0.15, 0.2) is 0 Å². The molecule has 1 aromatic rings. The van der Waals surface area contributed by atoms with E-state index >= 15 is 0 Å². The first-order valence-corrected chi connectivity index (χ1v) is 4.83. The number of methoxy groups -OCH3 is 1. The molecule has 1 aromatic carbocycles. The number of amides is 1. The molecule has 0 aliphatic heterocycles. The van der Waals surface area contributed by atoms with Gasteiger partial charge in [0.1, 0.15) is 0 Å². The Bertz CT molecular complexity index is 429. The summed E-state index contributed by atoms with van der Waals surface area (Å²) in [6.07, 6.45) is 2.11. The second-order valence-corrected chi connectivity index (χ2v) is 3.23. The first kappa shape index (κ1) is 12.3. The van der Waals surface area contributed by atoms with Gasteiger partial charge in [0.25, 0.3) is 0 Å². The lowest BCUT2D eigenvalue weighted by Gasteiger charge is -2.03. The molecule has 0 bridgehead atoms. The number of hydrogen-bond acceptors (Lipinski definition) is 3. The molecule has 0 aromatic heterocycles. The van der Waals surface area contributed by atoms with Crippen LogP contribution in [0.15, 0.2) is 36.4 Å². The predicted molar refractivity (Wildman–Crippen MR) is 61.2 cm³/mol. The number of carbonyl (C=O) groups excluding carboxylic acids is 2. The fourth-order valence-electron chi connectivity index (χ4n) is 0.949. The minimum atomic E-state index is -0.589. The van der Waals surface area contributed by atoms with Gasteiger partial charge in [-0.15, -0.1) is 0 Å². The molecule has 84 valence electrons. The third-order valence-corrected chi connectivity index (χ3v) is 2.03. The van der Waals surface area contributed by atoms with Gasteiger partial charge < -0.3 is 10.1 Å². The maximum absolute atomic E-state index is 11.3. The van der Waals surface area contributed by atoms with Crippen LogP contribution in [0, 0.1) is 0 Å². The van der Waals surface area contributed by atoms with Gasteiger partial charge >= 0.3 is 5.97 Å². The van der Waals surface area contributed by atoms with E-state index in [4.69, 9.17) is 11.6 Å². The summed E-state index contributed by atoms with van der Waals surface area (Å²) in [6, 6.07) is 6.81. The average Bonchev–Trinajstić information content (AvgIpc) is 2.29. The van der Waals surface area contributed by atoms with Crippen LogP contribution in [0.5, 0.6) is 0 Å². The molecular weight excluding hydrogens is 230 g/mol. The van der Waals surface area contributed by atoms with Gasteiger partial charge in [0.2, 0.25) is 5.91 Å². The van der Waals surface area contributed by atoms with Crippen LogP contribution in [0.25, 0.3) is 0 Å². The lowest BCUT2D eigenvalue weighted by Crippen LogP contribution is -2.09. The Hall–Kier alpha value is -1.81. The van der Waals surface area contributed by atoms with Crippen molar-refractivity contribution in [3.63, 3.8) is 0 Å². The number of nitrogens with one attached hydrogen (secondary N) is 1. The van der Waals surface area contributed by atoms with Crippen molar-refractivity contribution in [1.29, 1.82) is 0 Å². The molecule has 0 unspecified atom stereocenters. The molecule has 0 saturated carbocycles. The molecule has 16 heavy (non-hydrogen) atoms. The van der Waals surface area contributed by atoms with Gasteiger partial charge in [-0.3, -0.25) is 4.79 Å². The summed E-state index contributed by atoms with van der Waals surface area (Å²) in [7, 11) is 1.23. The Labute approximate surface area is 97.9 Å². The third kappa shape index (κ3) is 3.74. The molecule has 1 rings (SSSR count). The maximum atomic E-state index is 11.3. The highest BCUT2D eigenvalue weighted by Gasteiger charge is 2.02. The zero-order valence-corrected chi connectivity index (χ0v) is 9.32. The number of halogens is 1. The molecule has 0 spiro atoms. The van der Waals surface area contributed by atoms with E-state index in [1.807, 2.05) is 0 Å². The Kier molecular flexibility index (Phi) is 4.54. The highest BCUT2D eigenvalue weighted by Crippen LogP contribution is 2.20. The Morgan fingerprint density at radius 2 is 2.00 bits per heavy atom. The lowest BCUT2D eigenvalue weighted by molar-refractivity contribution is -0.135. The van der Waals surface area contributed by atoms with E-state index < -0.39 is 11.9 Å². The van der Waals surface area contributed by atoms with Crippen LogP contribution in [0.2, 0.25) is 5.02 Å². The van der Waals surface area contributed by atoms with Crippen molar-refractivity contribution in [3.8, 4) is 0 Å². The molecule has 0 radical (unpaired) electrons. The number of benzene rings is 1. The van der Waals surface area contributed by atoms with Gasteiger partial charge in [-0.25, -0.2) is 4.79 Å². The van der Waals surface area contributed by atoms with E-state index in [0.717, 1.165) is 12.2 Å². The minimum Gasteiger partial charge on any atom is -0.466 e. The fraction of sp³-hybridized carbons (Fsp3) is 0.0909. The van der Waals surface area contributed by atoms with Gasteiger partial charge in [0, 0.05) is 12.2 Å². The molecule has 0 atom stereocenters. The Morgan fingerprint density at radius 1 is 1.31 bits per heavy atom. The topological polar surface area (TPSA) is 55.4 Å². The summed E-state index contributed by atoms with van der Waals surface area (Å²) in [5.41, 5.74) is 0.490. The molecule has 1 amide bonds. The van der Waals surface area contributed by atoms with Crippen LogP contribution in [0.4, 0.5) is 5.69 Å². The summed E-state index contributed by atoms with van der Waals surface area (Å²) in [4.78, 5) is 22.0. The number of carbonyl (C=O) groups is 2. The van der Waals surface area contributed by atoms with Crippen LogP contribution in [-0.2, 0) is 14.3 Å². The second-order valence-electron chi connectivity index (χ2n) is 2.83. The summed E-state index contributed by atoms with van der Waals surface area (Å²) < 4.78 is 4.34. The number of rotatable bonds is 3. The molecule has 0 aliphatic rings. The zero-order chi connectivity index (χ0) is 12.0. The first-order valence-electron chi connectivity index (χ1n) is 4.45. The number of esters is 1. The number of anilines is 1. The van der Waals surface area contributed by atoms with Crippen molar-refractivity contribution in [2.24, 2.45) is 0 Å². The summed E-state index contributed by atoms with van der Waals surface area (Å²) in [5, 5.41) is 2.96. The van der Waals surface area contributed by atoms with Crippen LogP contribution in [0.1, 0.15) is 0 Å². The standard InChI is InChI=1S/C11H10ClNO3/c1-16-11(15)7-6-10(14)13-9-5-3-2-4-8(9)12/h2-7H,1H3,(H,13,14)/b7-6-. The van der Waals surface area contributed by atoms with E-state index in [1.165, 1.54) is 7.11 Å². The number of hydrogen-bond donors (Lipinski definition) is 1. The maximum Gasteiger partial charge on any atom is 0.330 e. The Morgan fingerprint density at radius 3 is 2.62 bits per heavy atom. The van der Waals surface area contributed by atoms with Gasteiger partial charge in [-0.05, 0) is 12.1 Å². The van der Waals surface area contributed by atoms with Crippen molar-refractivity contribution in [1.82, 2.24) is 0 Å². The van der Waals surface area contributed by atoms with E-state index in [-0.39, 0.29) is 0 Å². The van der Waals surface area contributed by atoms with Crippen LogP contribution >= 0.6 is 11.6 Å². The average molecular weight is 240 g/mol. The summed E-state index contributed by atoms with van der Waals surface area (Å²) in [5.74, 6) is -1.03. The van der Waals surface area contributed by atoms with Gasteiger partial charge in [-0.2, -0.15) is 0 Å². The van der Waals surface area contributed by atoms with Crippen molar-refractivity contribution in [2.45, 2.75) is 0 Å². The smallest absolute Gasteiger partial charge is 0.330 e. The third-order valence-electron chi connectivity index (χ3n) is 1.70. The highest BCUT2D eigenvalue weighted by atomic mass is 35.5. The fourth-order valence-corrected chi connectivity index (χ4v) is 1.13. The molecule has 0 fully saturated rings. The SMILES string of the molecule is COC(=O)/C=C\C(=O)Nc1ccccc1Cl. The van der Waals surface area contributed by atoms with Crippen molar-refractivity contribution >= 4 is 29.2 Å². The highest BCUT2D eigenvalue weighted by molar-refractivity contribution is 6.33. The summed E-state index contributed by atoms with van der Waals surface area (Å²) in [6.45, 7) is 0. The van der Waals surface area contributed by atoms with E-state index in [9.17, 15) is 9.59 Å². The Balaban J connectivity index is 2.62. The molecular formula is C11H10ClNO3. The molecule has 1 N–H and O–H groups in total. The van der Waals surface area contributed by atoms with Gasteiger partial charge in [-0.1, -0.05) is 23.7 Å². The van der Waals surface area contributed by atoms with E-state index in [1.54, 1.807) is 24.3 Å². The molecule has 5 heteroatoms. The zero-order valence-electron chi connectivity index (χ0n) is 8.57. The normalized spacial score (nSPS) is 10.1. The molecule has 0 saturated heterocycles. The van der Waals surface area contributed by atoms with E-state index in [0.29, 0.717) is 10.7 Å². The largest absolute Gasteiger partial charge is 0.466 e. The summed E-state index contributed by atoms with van der Waals surface area (Å²) >= 11 is 5.83. The molecule has 0 heterocycles. The van der Waals surface area contributed by atoms with Crippen molar-refractivity contribution in [3.05, 3.63) is 41.4 Å². The predicted octanol–water partition coefficient (Wildman–Crippen LogP) is 2.01. The van der Waals surface area contributed by atoms with Crippen LogP contribution in [0.3, 0.4) is 0 Å².